The molecule has 0 saturated carbocycles. The minimum absolute atomic E-state index is 0.0408. The van der Waals surface area contributed by atoms with Gasteiger partial charge in [0.05, 0.1) is 5.02 Å². The van der Waals surface area contributed by atoms with Gasteiger partial charge in [-0.1, -0.05) is 21.5 Å². The zero-order valence-corrected chi connectivity index (χ0v) is 9.57. The summed E-state index contributed by atoms with van der Waals surface area (Å²) in [5.74, 6) is -1.22. The van der Waals surface area contributed by atoms with Crippen LogP contribution in [-0.2, 0) is 4.79 Å². The van der Waals surface area contributed by atoms with E-state index < -0.39 is 12.6 Å². The van der Waals surface area contributed by atoms with Crippen LogP contribution >= 0.6 is 11.6 Å². The average molecular weight is 271 g/mol. The minimum atomic E-state index is -1.18. The van der Waals surface area contributed by atoms with Crippen molar-refractivity contribution in [1.82, 2.24) is 19.9 Å². The molecule has 0 aliphatic heterocycles. The van der Waals surface area contributed by atoms with E-state index in [1.54, 1.807) is 12.1 Å². The second-order valence-corrected chi connectivity index (χ2v) is 3.53. The maximum atomic E-state index is 10.3. The Bertz CT molecular complexity index is 586. The standard InChI is InChI=1S/C9H7ClN4O4/c10-5-2-1-3-11-7(5)8-12-9(13-14(8)17)18-4-6(15)16/h1-3,17H,4H2,(H,15,16). The van der Waals surface area contributed by atoms with E-state index in [0.717, 1.165) is 0 Å². The van der Waals surface area contributed by atoms with E-state index >= 15 is 0 Å². The fraction of sp³-hybridized carbons (Fsp3) is 0.111. The van der Waals surface area contributed by atoms with Crippen molar-refractivity contribution in [2.75, 3.05) is 6.61 Å². The number of carboxylic acids is 1. The monoisotopic (exact) mass is 270 g/mol. The van der Waals surface area contributed by atoms with Gasteiger partial charge < -0.3 is 15.1 Å². The summed E-state index contributed by atoms with van der Waals surface area (Å²) in [6.07, 6.45) is 1.47. The molecule has 0 aliphatic carbocycles. The SMILES string of the molecule is O=C(O)COc1nc(-c2ncccc2Cl)n(O)n1. The number of rotatable bonds is 4. The Morgan fingerprint density at radius 3 is 3.00 bits per heavy atom. The highest BCUT2D eigenvalue weighted by molar-refractivity contribution is 6.32. The number of hydrogen-bond donors (Lipinski definition) is 2. The summed E-state index contributed by atoms with van der Waals surface area (Å²) in [5, 5.41) is 21.7. The lowest BCUT2D eigenvalue weighted by atomic mass is 10.3. The predicted molar refractivity (Wildman–Crippen MR) is 58.6 cm³/mol. The molecule has 0 aliphatic rings. The molecule has 0 unspecified atom stereocenters. The molecule has 0 saturated heterocycles. The van der Waals surface area contributed by atoms with Crippen LogP contribution in [-0.4, -0.2) is 42.8 Å². The molecule has 0 atom stereocenters. The van der Waals surface area contributed by atoms with Gasteiger partial charge in [0.1, 0.15) is 5.69 Å². The van der Waals surface area contributed by atoms with Crippen molar-refractivity contribution in [2.45, 2.75) is 0 Å². The molecule has 0 radical (unpaired) electrons. The van der Waals surface area contributed by atoms with Crippen molar-refractivity contribution in [1.29, 1.82) is 0 Å². The van der Waals surface area contributed by atoms with Crippen molar-refractivity contribution >= 4 is 17.6 Å². The molecule has 2 rings (SSSR count). The van der Waals surface area contributed by atoms with Crippen LogP contribution in [0.5, 0.6) is 6.01 Å². The first-order chi connectivity index (χ1) is 8.58. The Balaban J connectivity index is 2.30. The number of halogens is 1. The van der Waals surface area contributed by atoms with E-state index in [2.05, 4.69) is 15.1 Å². The van der Waals surface area contributed by atoms with Crippen molar-refractivity contribution in [3.05, 3.63) is 23.4 Å². The minimum Gasteiger partial charge on any atom is -0.479 e. The lowest BCUT2D eigenvalue weighted by Gasteiger charge is -1.98. The third kappa shape index (κ3) is 2.48. The van der Waals surface area contributed by atoms with Gasteiger partial charge in [0.2, 0.25) is 5.82 Å². The van der Waals surface area contributed by atoms with Gasteiger partial charge in [-0.2, -0.15) is 4.98 Å². The smallest absolute Gasteiger partial charge is 0.341 e. The van der Waals surface area contributed by atoms with E-state index in [1.807, 2.05) is 0 Å². The summed E-state index contributed by atoms with van der Waals surface area (Å²) in [4.78, 5) is 18.4. The molecule has 2 N–H and O–H groups in total. The zero-order valence-electron chi connectivity index (χ0n) is 8.82. The van der Waals surface area contributed by atoms with Crippen molar-refractivity contribution in [2.24, 2.45) is 0 Å². The summed E-state index contributed by atoms with van der Waals surface area (Å²) >= 11 is 5.88. The molecule has 0 amide bonds. The fourth-order valence-corrected chi connectivity index (χ4v) is 1.38. The highest BCUT2D eigenvalue weighted by Gasteiger charge is 2.16. The Morgan fingerprint density at radius 1 is 1.56 bits per heavy atom. The van der Waals surface area contributed by atoms with E-state index in [1.165, 1.54) is 6.20 Å². The van der Waals surface area contributed by atoms with Gasteiger partial charge in [0.25, 0.3) is 0 Å². The zero-order chi connectivity index (χ0) is 13.1. The normalized spacial score (nSPS) is 10.3. The number of aromatic nitrogens is 4. The van der Waals surface area contributed by atoms with Gasteiger partial charge in [-0.3, -0.25) is 4.98 Å². The molecule has 2 heterocycles. The van der Waals surface area contributed by atoms with Gasteiger partial charge in [-0.25, -0.2) is 4.79 Å². The molecule has 0 bridgehead atoms. The van der Waals surface area contributed by atoms with E-state index in [-0.39, 0.29) is 22.6 Å². The summed E-state index contributed by atoms with van der Waals surface area (Å²) in [7, 11) is 0. The van der Waals surface area contributed by atoms with E-state index in [9.17, 15) is 10.0 Å². The first-order valence-electron chi connectivity index (χ1n) is 4.69. The summed E-state index contributed by atoms with van der Waals surface area (Å²) in [6, 6.07) is 2.90. The van der Waals surface area contributed by atoms with Crippen molar-refractivity contribution < 1.29 is 19.8 Å². The van der Waals surface area contributed by atoms with Crippen LogP contribution in [0.3, 0.4) is 0 Å². The van der Waals surface area contributed by atoms with Crippen LogP contribution in [0.25, 0.3) is 11.5 Å². The number of nitrogens with zero attached hydrogens (tertiary/aromatic N) is 4. The molecular weight excluding hydrogens is 264 g/mol. The molecule has 0 fully saturated rings. The van der Waals surface area contributed by atoms with Crippen LogP contribution in [0.2, 0.25) is 5.02 Å². The molecule has 94 valence electrons. The quantitative estimate of drug-likeness (QED) is 0.787. The van der Waals surface area contributed by atoms with Crippen molar-refractivity contribution in [3.8, 4) is 17.5 Å². The fourth-order valence-electron chi connectivity index (χ4n) is 1.17. The Labute approximate surface area is 105 Å². The molecular formula is C9H7ClN4O4. The van der Waals surface area contributed by atoms with Crippen molar-refractivity contribution in [3.63, 3.8) is 0 Å². The molecule has 0 spiro atoms. The maximum Gasteiger partial charge on any atom is 0.341 e. The molecule has 2 aromatic heterocycles. The lowest BCUT2D eigenvalue weighted by Crippen LogP contribution is -2.10. The van der Waals surface area contributed by atoms with Crippen LogP contribution in [0.15, 0.2) is 18.3 Å². The van der Waals surface area contributed by atoms with Gasteiger partial charge in [-0.15, -0.1) is 0 Å². The highest BCUT2D eigenvalue weighted by atomic mass is 35.5. The number of pyridine rings is 1. The van der Waals surface area contributed by atoms with Crippen LogP contribution < -0.4 is 4.74 Å². The van der Waals surface area contributed by atoms with Gasteiger partial charge in [-0.05, 0) is 12.1 Å². The van der Waals surface area contributed by atoms with Crippen LogP contribution in [0.4, 0.5) is 0 Å². The molecule has 9 heteroatoms. The van der Waals surface area contributed by atoms with Gasteiger partial charge in [0, 0.05) is 6.20 Å². The van der Waals surface area contributed by atoms with Crippen LogP contribution in [0.1, 0.15) is 0 Å². The topological polar surface area (TPSA) is 110 Å². The molecule has 18 heavy (non-hydrogen) atoms. The Kier molecular flexibility index (Phi) is 3.28. The summed E-state index contributed by atoms with van der Waals surface area (Å²) in [6.45, 7) is -0.612. The third-order valence-electron chi connectivity index (χ3n) is 1.87. The second-order valence-electron chi connectivity index (χ2n) is 3.12. The first kappa shape index (κ1) is 12.1. The lowest BCUT2D eigenvalue weighted by molar-refractivity contribution is -0.139. The number of aliphatic carboxylic acids is 1. The Morgan fingerprint density at radius 2 is 2.33 bits per heavy atom. The third-order valence-corrected chi connectivity index (χ3v) is 2.17. The number of carboxylic acid groups (broad SMARTS) is 1. The molecule has 2 aromatic rings. The largest absolute Gasteiger partial charge is 0.479 e. The summed E-state index contributed by atoms with van der Waals surface area (Å²) in [5.41, 5.74) is 0.208. The average Bonchev–Trinajstić information content (AvgIpc) is 2.69. The molecule has 8 nitrogen and oxygen atoms in total. The number of ether oxygens (including phenoxy) is 1. The van der Waals surface area contributed by atoms with Crippen LogP contribution in [0, 0.1) is 0 Å². The van der Waals surface area contributed by atoms with E-state index in [4.69, 9.17) is 21.4 Å². The van der Waals surface area contributed by atoms with E-state index in [0.29, 0.717) is 4.85 Å². The first-order valence-corrected chi connectivity index (χ1v) is 5.07. The maximum absolute atomic E-state index is 10.3. The van der Waals surface area contributed by atoms with Gasteiger partial charge in [0.15, 0.2) is 6.61 Å². The number of hydrogen-bond acceptors (Lipinski definition) is 6. The summed E-state index contributed by atoms with van der Waals surface area (Å²) < 4.78 is 4.72. The van der Waals surface area contributed by atoms with Gasteiger partial charge >= 0.3 is 12.0 Å². The number of carbonyl (C=O) groups is 1. The second kappa shape index (κ2) is 4.88. The Hall–Kier alpha value is -2.35. The highest BCUT2D eigenvalue weighted by Crippen LogP contribution is 2.24. The predicted octanol–water partition coefficient (Wildman–Crippen LogP) is 0.694. The molecule has 0 aromatic carbocycles.